The van der Waals surface area contributed by atoms with E-state index in [-0.39, 0.29) is 13.2 Å². The van der Waals surface area contributed by atoms with Crippen molar-refractivity contribution in [3.8, 4) is 0 Å². The smallest absolute Gasteiger partial charge is 0.0662 e. The molecule has 128 valence electrons. The molecule has 0 unspecified atom stereocenters. The fourth-order valence-corrected chi connectivity index (χ4v) is 3.42. The number of aliphatic hydroxyl groups excluding tert-OH is 2. The predicted molar refractivity (Wildman–Crippen MR) is 89.5 cm³/mol. The minimum Gasteiger partial charge on any atom is -0.394 e. The molecule has 0 atom stereocenters. The van der Waals surface area contributed by atoms with Gasteiger partial charge in [0.05, 0.1) is 13.2 Å². The van der Waals surface area contributed by atoms with Gasteiger partial charge in [-0.25, -0.2) is 0 Å². The molecule has 21 heavy (non-hydrogen) atoms. The molecule has 0 aromatic carbocycles. The van der Waals surface area contributed by atoms with Crippen molar-refractivity contribution in [3.05, 3.63) is 0 Å². The molecule has 2 N–H and O–H groups in total. The summed E-state index contributed by atoms with van der Waals surface area (Å²) in [5.74, 6) is 2.28. The van der Waals surface area contributed by atoms with Gasteiger partial charge < -0.3 is 14.9 Å². The molecule has 2 saturated carbocycles. The number of hydrogen-bond donors (Lipinski definition) is 2. The largest absolute Gasteiger partial charge is 0.394 e. The van der Waals surface area contributed by atoms with E-state index in [0.717, 1.165) is 25.0 Å². The molecule has 0 bridgehead atoms. The van der Waals surface area contributed by atoms with Gasteiger partial charge in [-0.2, -0.15) is 0 Å². The summed E-state index contributed by atoms with van der Waals surface area (Å²) in [5.41, 5.74) is 0. The molecule has 0 spiro atoms. The van der Waals surface area contributed by atoms with Gasteiger partial charge in [0.25, 0.3) is 0 Å². The molecule has 2 aliphatic rings. The van der Waals surface area contributed by atoms with Crippen LogP contribution < -0.4 is 0 Å². The maximum atomic E-state index is 7.62. The third-order valence-electron chi connectivity index (χ3n) is 4.47. The van der Waals surface area contributed by atoms with Gasteiger partial charge in [-0.1, -0.05) is 64.2 Å². The number of ether oxygens (including phenoxy) is 1. The molecule has 0 aromatic heterocycles. The highest BCUT2D eigenvalue weighted by Gasteiger charge is 2.24. The Morgan fingerprint density at radius 1 is 0.667 bits per heavy atom. The van der Waals surface area contributed by atoms with E-state index in [2.05, 4.69) is 0 Å². The standard InChI is InChI=1S/C12H22.C4H10O.C2H6O2/c1-3-7-11(8-4-1)12-9-5-2-6-10-12;1-3-5-4-2;3-1-2-4/h11-12H,1-10H2;3-4H2,1-2H3;3-4H,1-2H2. The normalized spacial score (nSPS) is 20.0. The Morgan fingerprint density at radius 3 is 1.19 bits per heavy atom. The van der Waals surface area contributed by atoms with Crippen molar-refractivity contribution < 1.29 is 14.9 Å². The van der Waals surface area contributed by atoms with E-state index in [9.17, 15) is 0 Å². The van der Waals surface area contributed by atoms with Gasteiger partial charge in [-0.05, 0) is 25.7 Å². The van der Waals surface area contributed by atoms with Crippen LogP contribution in [0.5, 0.6) is 0 Å². The van der Waals surface area contributed by atoms with Crippen LogP contribution in [0.1, 0.15) is 78.1 Å². The van der Waals surface area contributed by atoms with E-state index in [1.165, 1.54) is 38.5 Å². The summed E-state index contributed by atoms with van der Waals surface area (Å²) in [6.07, 6.45) is 15.4. The van der Waals surface area contributed by atoms with E-state index in [0.29, 0.717) is 0 Å². The zero-order valence-corrected chi connectivity index (χ0v) is 14.4. The molecule has 0 aromatic rings. The molecule has 2 aliphatic carbocycles. The van der Waals surface area contributed by atoms with Crippen LogP contribution >= 0.6 is 0 Å². The molecule has 3 nitrogen and oxygen atoms in total. The van der Waals surface area contributed by atoms with Crippen LogP contribution in [0.4, 0.5) is 0 Å². The Bertz CT molecular complexity index is 165. The Labute approximate surface area is 132 Å². The minimum atomic E-state index is -0.125. The third-order valence-corrected chi connectivity index (χ3v) is 4.47. The average molecular weight is 302 g/mol. The Hall–Kier alpha value is -0.120. The summed E-state index contributed by atoms with van der Waals surface area (Å²) in [7, 11) is 0. The monoisotopic (exact) mass is 302 g/mol. The van der Waals surface area contributed by atoms with Crippen molar-refractivity contribution in [1.82, 2.24) is 0 Å². The molecular formula is C18H38O3. The minimum absolute atomic E-state index is 0.125. The van der Waals surface area contributed by atoms with Crippen LogP contribution in [-0.2, 0) is 4.74 Å². The van der Waals surface area contributed by atoms with Crippen LogP contribution in [-0.4, -0.2) is 36.6 Å². The van der Waals surface area contributed by atoms with Crippen LogP contribution in [0.2, 0.25) is 0 Å². The maximum Gasteiger partial charge on any atom is 0.0662 e. The second-order valence-corrected chi connectivity index (χ2v) is 6.02. The van der Waals surface area contributed by atoms with Gasteiger partial charge in [0.1, 0.15) is 0 Å². The summed E-state index contributed by atoms with van der Waals surface area (Å²) in [4.78, 5) is 0. The van der Waals surface area contributed by atoms with Crippen molar-refractivity contribution in [2.75, 3.05) is 26.4 Å². The summed E-state index contributed by atoms with van der Waals surface area (Å²) < 4.78 is 4.83. The molecule has 2 fully saturated rings. The molecule has 0 amide bonds. The first kappa shape index (κ1) is 20.9. The topological polar surface area (TPSA) is 49.7 Å². The summed E-state index contributed by atoms with van der Waals surface area (Å²) in [6, 6.07) is 0. The van der Waals surface area contributed by atoms with Crippen LogP contribution in [0.25, 0.3) is 0 Å². The number of hydrogen-bond acceptors (Lipinski definition) is 3. The van der Waals surface area contributed by atoms with E-state index >= 15 is 0 Å². The highest BCUT2D eigenvalue weighted by Crippen LogP contribution is 2.37. The average Bonchev–Trinajstić information content (AvgIpc) is 2.58. The second kappa shape index (κ2) is 16.3. The lowest BCUT2D eigenvalue weighted by Gasteiger charge is -2.32. The highest BCUT2D eigenvalue weighted by atomic mass is 16.5. The lowest BCUT2D eigenvalue weighted by Crippen LogP contribution is -2.20. The molecule has 2 rings (SSSR count). The van der Waals surface area contributed by atoms with Crippen LogP contribution in [0.3, 0.4) is 0 Å². The summed E-state index contributed by atoms with van der Waals surface area (Å²) >= 11 is 0. The van der Waals surface area contributed by atoms with Crippen LogP contribution in [0, 0.1) is 11.8 Å². The fourth-order valence-electron chi connectivity index (χ4n) is 3.42. The van der Waals surface area contributed by atoms with Gasteiger partial charge in [0, 0.05) is 13.2 Å². The molecule has 0 heterocycles. The molecular weight excluding hydrogens is 264 g/mol. The Kier molecular flexibility index (Phi) is 16.2. The van der Waals surface area contributed by atoms with Crippen molar-refractivity contribution in [3.63, 3.8) is 0 Å². The first-order valence-electron chi connectivity index (χ1n) is 9.09. The lowest BCUT2D eigenvalue weighted by atomic mass is 9.73. The van der Waals surface area contributed by atoms with E-state index in [4.69, 9.17) is 14.9 Å². The maximum absolute atomic E-state index is 7.62. The number of rotatable bonds is 4. The van der Waals surface area contributed by atoms with Crippen LogP contribution in [0.15, 0.2) is 0 Å². The van der Waals surface area contributed by atoms with Gasteiger partial charge in [-0.15, -0.1) is 0 Å². The van der Waals surface area contributed by atoms with Gasteiger partial charge >= 0.3 is 0 Å². The SMILES string of the molecule is C1CCC(C2CCCCC2)CC1.CCOCC.OCCO. The van der Waals surface area contributed by atoms with Crippen molar-refractivity contribution in [2.45, 2.75) is 78.1 Å². The summed E-state index contributed by atoms with van der Waals surface area (Å²) in [6.45, 7) is 5.42. The van der Waals surface area contributed by atoms with E-state index in [1.54, 1.807) is 25.7 Å². The zero-order chi connectivity index (χ0) is 15.8. The van der Waals surface area contributed by atoms with Gasteiger partial charge in [0.15, 0.2) is 0 Å². The van der Waals surface area contributed by atoms with E-state index < -0.39 is 0 Å². The molecule has 0 aliphatic heterocycles. The van der Waals surface area contributed by atoms with Crippen molar-refractivity contribution in [2.24, 2.45) is 11.8 Å². The van der Waals surface area contributed by atoms with Crippen molar-refractivity contribution >= 4 is 0 Å². The molecule has 0 radical (unpaired) electrons. The quantitative estimate of drug-likeness (QED) is 0.820. The van der Waals surface area contributed by atoms with Gasteiger partial charge in [-0.3, -0.25) is 0 Å². The zero-order valence-electron chi connectivity index (χ0n) is 14.4. The van der Waals surface area contributed by atoms with Crippen molar-refractivity contribution in [1.29, 1.82) is 0 Å². The fraction of sp³-hybridized carbons (Fsp3) is 1.00. The first-order chi connectivity index (χ1) is 10.3. The predicted octanol–water partition coefficient (Wildman–Crippen LogP) is 4.16. The lowest BCUT2D eigenvalue weighted by molar-refractivity contribution is 0.162. The molecule has 0 saturated heterocycles. The Balaban J connectivity index is 0.000000374. The summed E-state index contributed by atoms with van der Waals surface area (Å²) in [5, 5.41) is 15.2. The molecule has 3 heteroatoms. The van der Waals surface area contributed by atoms with Gasteiger partial charge in [0.2, 0.25) is 0 Å². The highest BCUT2D eigenvalue weighted by molar-refractivity contribution is 4.76. The number of aliphatic hydroxyl groups is 2. The Morgan fingerprint density at radius 2 is 1.00 bits per heavy atom. The first-order valence-corrected chi connectivity index (χ1v) is 9.09. The third kappa shape index (κ3) is 12.1. The second-order valence-electron chi connectivity index (χ2n) is 6.02. The van der Waals surface area contributed by atoms with E-state index in [1.807, 2.05) is 13.8 Å².